The summed E-state index contributed by atoms with van der Waals surface area (Å²) < 4.78 is 11.9. The van der Waals surface area contributed by atoms with Crippen LogP contribution in [-0.2, 0) is 0 Å². The van der Waals surface area contributed by atoms with Crippen LogP contribution in [0.4, 0.5) is 0 Å². The second-order valence-corrected chi connectivity index (χ2v) is 7.15. The van der Waals surface area contributed by atoms with Crippen molar-refractivity contribution in [1.29, 1.82) is 0 Å². The molecule has 5 rings (SSSR count). The summed E-state index contributed by atoms with van der Waals surface area (Å²) in [5.74, 6) is 1.62. The van der Waals surface area contributed by atoms with Gasteiger partial charge < -0.3 is 9.15 Å². The quantitative estimate of drug-likeness (QED) is 0.408. The summed E-state index contributed by atoms with van der Waals surface area (Å²) in [5.41, 5.74) is 1.95. The number of ether oxygens (including phenoxy) is 1. The molecule has 3 aromatic carbocycles. The van der Waals surface area contributed by atoms with Crippen LogP contribution in [0.3, 0.4) is 0 Å². The van der Waals surface area contributed by atoms with Crippen LogP contribution in [0.15, 0.2) is 69.9 Å². The van der Waals surface area contributed by atoms with Crippen molar-refractivity contribution in [2.75, 3.05) is 0 Å². The first-order valence-corrected chi connectivity index (χ1v) is 8.90. The first-order valence-electron chi connectivity index (χ1n) is 8.90. The highest BCUT2D eigenvalue weighted by Crippen LogP contribution is 2.50. The number of benzene rings is 3. The van der Waals surface area contributed by atoms with Crippen LogP contribution in [-0.4, -0.2) is 0 Å². The lowest BCUT2D eigenvalue weighted by Crippen LogP contribution is -2.23. The summed E-state index contributed by atoms with van der Waals surface area (Å²) in [6.07, 6.45) is 0. The van der Waals surface area contributed by atoms with Gasteiger partial charge in [-0.2, -0.15) is 0 Å². The highest BCUT2D eigenvalue weighted by atomic mass is 16.5. The summed E-state index contributed by atoms with van der Waals surface area (Å²) in [5, 5.41) is 3.11. The maximum atomic E-state index is 12.9. The summed E-state index contributed by atoms with van der Waals surface area (Å²) >= 11 is 0. The molecule has 0 N–H and O–H groups in total. The Labute approximate surface area is 150 Å². The molecule has 1 aliphatic rings. The Bertz CT molecular complexity index is 1220. The lowest BCUT2D eigenvalue weighted by Gasteiger charge is -2.31. The zero-order valence-corrected chi connectivity index (χ0v) is 14.7. The van der Waals surface area contributed by atoms with Crippen LogP contribution in [0.1, 0.15) is 30.9 Å². The maximum Gasteiger partial charge on any atom is 0.343 e. The van der Waals surface area contributed by atoms with Crippen molar-refractivity contribution < 1.29 is 9.15 Å². The van der Waals surface area contributed by atoms with E-state index < -0.39 is 0 Å². The standard InChI is InChI=1S/C23H18O3/c1-13(2)19-20-15-8-4-3-7-14(15)11-12-18(20)25-22-16-9-5-6-10-17(16)26-23(24)21(19)22/h3-13,19H,1-2H3. The fourth-order valence-electron chi connectivity index (χ4n) is 4.12. The summed E-state index contributed by atoms with van der Waals surface area (Å²) in [4.78, 5) is 12.9. The van der Waals surface area contributed by atoms with Gasteiger partial charge in [0.1, 0.15) is 17.1 Å². The Hall–Kier alpha value is -3.07. The van der Waals surface area contributed by atoms with Gasteiger partial charge in [-0.1, -0.05) is 56.3 Å². The molecule has 1 atom stereocenters. The van der Waals surface area contributed by atoms with Gasteiger partial charge in [-0.25, -0.2) is 4.79 Å². The van der Waals surface area contributed by atoms with Gasteiger partial charge in [-0.3, -0.25) is 0 Å². The highest BCUT2D eigenvalue weighted by Gasteiger charge is 2.35. The molecule has 26 heavy (non-hydrogen) atoms. The zero-order valence-electron chi connectivity index (χ0n) is 14.7. The lowest BCUT2D eigenvalue weighted by atomic mass is 9.78. The van der Waals surface area contributed by atoms with Crippen molar-refractivity contribution in [3.8, 4) is 11.5 Å². The normalized spacial score (nSPS) is 15.7. The Morgan fingerprint density at radius 1 is 0.846 bits per heavy atom. The molecular formula is C23H18O3. The Morgan fingerprint density at radius 3 is 2.38 bits per heavy atom. The third-order valence-corrected chi connectivity index (χ3v) is 5.23. The Balaban J connectivity index is 1.91. The van der Waals surface area contributed by atoms with E-state index in [1.807, 2.05) is 36.4 Å². The molecular weight excluding hydrogens is 324 g/mol. The van der Waals surface area contributed by atoms with Gasteiger partial charge in [0.2, 0.25) is 0 Å². The first-order chi connectivity index (χ1) is 12.6. The molecule has 4 aromatic rings. The molecule has 0 bridgehead atoms. The van der Waals surface area contributed by atoms with E-state index in [4.69, 9.17) is 9.15 Å². The van der Waals surface area contributed by atoms with Crippen LogP contribution < -0.4 is 10.4 Å². The number of hydrogen-bond donors (Lipinski definition) is 0. The van der Waals surface area contributed by atoms with Crippen LogP contribution in [0.25, 0.3) is 21.7 Å². The largest absolute Gasteiger partial charge is 0.456 e. The molecule has 0 saturated heterocycles. The van der Waals surface area contributed by atoms with Crippen molar-refractivity contribution in [1.82, 2.24) is 0 Å². The molecule has 3 heteroatoms. The van der Waals surface area contributed by atoms with Crippen molar-refractivity contribution in [3.63, 3.8) is 0 Å². The lowest BCUT2D eigenvalue weighted by molar-refractivity contribution is 0.407. The molecule has 1 aliphatic heterocycles. The molecule has 0 spiro atoms. The molecule has 1 aromatic heterocycles. The molecule has 128 valence electrons. The van der Waals surface area contributed by atoms with Crippen molar-refractivity contribution >= 4 is 21.7 Å². The van der Waals surface area contributed by atoms with Gasteiger partial charge in [0.05, 0.1) is 10.9 Å². The van der Waals surface area contributed by atoms with E-state index in [0.717, 1.165) is 27.5 Å². The average Bonchev–Trinajstić information content (AvgIpc) is 2.66. The van der Waals surface area contributed by atoms with Crippen LogP contribution >= 0.6 is 0 Å². The monoisotopic (exact) mass is 342 g/mol. The maximum absolute atomic E-state index is 12.9. The predicted octanol–water partition coefficient (Wildman–Crippen LogP) is 5.84. The predicted molar refractivity (Wildman–Crippen MR) is 103 cm³/mol. The summed E-state index contributed by atoms with van der Waals surface area (Å²) in [6, 6.07) is 19.9. The Morgan fingerprint density at radius 2 is 1.58 bits per heavy atom. The van der Waals surface area contributed by atoms with E-state index in [2.05, 4.69) is 32.0 Å². The van der Waals surface area contributed by atoms with Crippen LogP contribution in [0.2, 0.25) is 0 Å². The third-order valence-electron chi connectivity index (χ3n) is 5.23. The fraction of sp³-hybridized carbons (Fsp3) is 0.174. The topological polar surface area (TPSA) is 39.4 Å². The average molecular weight is 342 g/mol. The van der Waals surface area contributed by atoms with Gasteiger partial charge in [0, 0.05) is 11.5 Å². The minimum Gasteiger partial charge on any atom is -0.456 e. The van der Waals surface area contributed by atoms with Crippen molar-refractivity contribution in [2.24, 2.45) is 5.92 Å². The van der Waals surface area contributed by atoms with E-state index in [9.17, 15) is 4.79 Å². The third kappa shape index (κ3) is 2.03. The van der Waals surface area contributed by atoms with Gasteiger partial charge in [0.25, 0.3) is 0 Å². The summed E-state index contributed by atoms with van der Waals surface area (Å²) in [6.45, 7) is 4.28. The van der Waals surface area contributed by atoms with E-state index in [0.29, 0.717) is 16.9 Å². The van der Waals surface area contributed by atoms with Gasteiger partial charge in [-0.05, 0) is 34.9 Å². The molecule has 0 aliphatic carbocycles. The molecule has 1 unspecified atom stereocenters. The van der Waals surface area contributed by atoms with E-state index in [-0.39, 0.29) is 17.5 Å². The molecule has 2 heterocycles. The smallest absolute Gasteiger partial charge is 0.343 e. The SMILES string of the molecule is CC(C)C1c2c(c3ccccc3oc2=O)Oc2ccc3ccccc3c21. The fourth-order valence-corrected chi connectivity index (χ4v) is 4.12. The minimum absolute atomic E-state index is 0.0688. The number of rotatable bonds is 1. The minimum atomic E-state index is -0.309. The second kappa shape index (κ2) is 5.46. The number of fused-ring (bicyclic) bond motifs is 6. The molecule has 0 amide bonds. The highest BCUT2D eigenvalue weighted by molar-refractivity contribution is 5.92. The zero-order chi connectivity index (χ0) is 17.8. The van der Waals surface area contributed by atoms with Crippen molar-refractivity contribution in [2.45, 2.75) is 19.8 Å². The molecule has 3 nitrogen and oxygen atoms in total. The van der Waals surface area contributed by atoms with E-state index >= 15 is 0 Å². The van der Waals surface area contributed by atoms with Gasteiger partial charge in [0.15, 0.2) is 0 Å². The van der Waals surface area contributed by atoms with Crippen LogP contribution in [0.5, 0.6) is 11.5 Å². The van der Waals surface area contributed by atoms with E-state index in [1.165, 1.54) is 0 Å². The van der Waals surface area contributed by atoms with Crippen LogP contribution in [0, 0.1) is 5.92 Å². The Kier molecular flexibility index (Phi) is 3.20. The molecule has 0 radical (unpaired) electrons. The second-order valence-electron chi connectivity index (χ2n) is 7.15. The number of hydrogen-bond acceptors (Lipinski definition) is 3. The van der Waals surface area contributed by atoms with Gasteiger partial charge >= 0.3 is 5.63 Å². The molecule has 0 fully saturated rings. The van der Waals surface area contributed by atoms with E-state index in [1.54, 1.807) is 6.07 Å². The van der Waals surface area contributed by atoms with Gasteiger partial charge in [-0.15, -0.1) is 0 Å². The summed E-state index contributed by atoms with van der Waals surface area (Å²) in [7, 11) is 0. The van der Waals surface area contributed by atoms with Crippen molar-refractivity contribution in [3.05, 3.63) is 82.2 Å². The first kappa shape index (κ1) is 15.2. The molecule has 0 saturated carbocycles. The number of para-hydroxylation sites is 1.